The first kappa shape index (κ1) is 7.54. The van der Waals surface area contributed by atoms with Gasteiger partial charge in [0.15, 0.2) is 0 Å². The Labute approximate surface area is 60.2 Å². The molecule has 3 heteroatoms. The molecule has 0 heterocycles. The Balaban J connectivity index is 2.35. The molecule has 1 aliphatic carbocycles. The molecule has 1 aliphatic rings. The zero-order valence-corrected chi connectivity index (χ0v) is 5.92. The van der Waals surface area contributed by atoms with Gasteiger partial charge < -0.3 is 10.8 Å². The van der Waals surface area contributed by atoms with Gasteiger partial charge in [0.2, 0.25) is 0 Å². The van der Waals surface area contributed by atoms with Gasteiger partial charge in [-0.05, 0) is 31.7 Å². The average Bonchev–Trinajstić information content (AvgIpc) is 2.34. The van der Waals surface area contributed by atoms with Crippen LogP contribution < -0.4 is 5.73 Å². The minimum Gasteiger partial charge on any atom is -0.481 e. The van der Waals surface area contributed by atoms with Crippen LogP contribution in [0.3, 0.4) is 0 Å². The van der Waals surface area contributed by atoms with Crippen LogP contribution in [-0.2, 0) is 4.79 Å². The Hall–Kier alpha value is -0.570. The summed E-state index contributed by atoms with van der Waals surface area (Å²) >= 11 is 0. The van der Waals surface area contributed by atoms with Crippen LogP contribution >= 0.6 is 0 Å². The van der Waals surface area contributed by atoms with Crippen molar-refractivity contribution in [2.45, 2.75) is 19.3 Å². The fraction of sp³-hybridized carbons (Fsp3) is 0.857. The molecule has 0 saturated heterocycles. The molecule has 0 aromatic carbocycles. The Morgan fingerprint density at radius 2 is 2.30 bits per heavy atom. The van der Waals surface area contributed by atoms with Crippen molar-refractivity contribution in [3.63, 3.8) is 0 Å². The van der Waals surface area contributed by atoms with Crippen molar-refractivity contribution in [3.8, 4) is 0 Å². The number of nitrogens with two attached hydrogens (primary N) is 1. The molecule has 1 rings (SSSR count). The molecule has 0 spiro atoms. The van der Waals surface area contributed by atoms with E-state index in [1.165, 1.54) is 0 Å². The van der Waals surface area contributed by atoms with E-state index >= 15 is 0 Å². The van der Waals surface area contributed by atoms with Crippen molar-refractivity contribution in [2.24, 2.45) is 17.6 Å². The Bertz CT molecular complexity index is 136. The minimum atomic E-state index is -0.657. The lowest BCUT2D eigenvalue weighted by Gasteiger charge is -2.03. The summed E-state index contributed by atoms with van der Waals surface area (Å²) in [5.74, 6) is -0.314. The molecule has 0 aliphatic heterocycles. The summed E-state index contributed by atoms with van der Waals surface area (Å²) in [6, 6.07) is 0. The van der Waals surface area contributed by atoms with Gasteiger partial charge in [0, 0.05) is 0 Å². The Morgan fingerprint density at radius 3 is 2.60 bits per heavy atom. The molecule has 3 nitrogen and oxygen atoms in total. The average molecular weight is 143 g/mol. The van der Waals surface area contributed by atoms with Gasteiger partial charge >= 0.3 is 5.97 Å². The summed E-state index contributed by atoms with van der Waals surface area (Å²) in [5, 5.41) is 8.59. The van der Waals surface area contributed by atoms with Crippen molar-refractivity contribution in [3.05, 3.63) is 0 Å². The topological polar surface area (TPSA) is 63.3 Å². The highest BCUT2D eigenvalue weighted by Gasteiger charge is 2.28. The predicted octanol–water partition coefficient (Wildman–Crippen LogP) is 0.446. The molecule has 1 saturated carbocycles. The Morgan fingerprint density at radius 1 is 1.60 bits per heavy atom. The number of carboxylic acid groups (broad SMARTS) is 1. The SMILES string of the molecule is NC[C@H]1CC[C@@H](C(=O)O)C1. The fourth-order valence-corrected chi connectivity index (χ4v) is 1.51. The van der Waals surface area contributed by atoms with Gasteiger partial charge in [0.25, 0.3) is 0 Å². The van der Waals surface area contributed by atoms with E-state index in [2.05, 4.69) is 0 Å². The van der Waals surface area contributed by atoms with Crippen LogP contribution in [0.4, 0.5) is 0 Å². The van der Waals surface area contributed by atoms with Crippen molar-refractivity contribution >= 4 is 5.97 Å². The summed E-state index contributed by atoms with van der Waals surface area (Å²) in [6.07, 6.45) is 2.59. The van der Waals surface area contributed by atoms with Crippen molar-refractivity contribution in [1.29, 1.82) is 0 Å². The number of hydrogen-bond acceptors (Lipinski definition) is 2. The molecule has 1 fully saturated rings. The third-order valence-corrected chi connectivity index (χ3v) is 2.22. The van der Waals surface area contributed by atoms with E-state index in [-0.39, 0.29) is 5.92 Å². The molecule has 0 amide bonds. The number of carboxylic acids is 1. The van der Waals surface area contributed by atoms with Gasteiger partial charge in [-0.1, -0.05) is 0 Å². The van der Waals surface area contributed by atoms with E-state index in [0.29, 0.717) is 12.5 Å². The van der Waals surface area contributed by atoms with Gasteiger partial charge in [-0.2, -0.15) is 0 Å². The van der Waals surface area contributed by atoms with Crippen LogP contribution in [0.1, 0.15) is 19.3 Å². The van der Waals surface area contributed by atoms with Crippen LogP contribution in [-0.4, -0.2) is 17.6 Å². The third-order valence-electron chi connectivity index (χ3n) is 2.22. The van der Waals surface area contributed by atoms with Crippen molar-refractivity contribution in [2.75, 3.05) is 6.54 Å². The van der Waals surface area contributed by atoms with Gasteiger partial charge in [-0.3, -0.25) is 4.79 Å². The van der Waals surface area contributed by atoms with Crippen LogP contribution in [0.5, 0.6) is 0 Å². The first-order valence-corrected chi connectivity index (χ1v) is 3.67. The molecule has 0 aromatic heterocycles. The lowest BCUT2D eigenvalue weighted by atomic mass is 10.1. The molecule has 0 unspecified atom stereocenters. The second-order valence-corrected chi connectivity index (χ2v) is 2.95. The molecule has 0 bridgehead atoms. The second-order valence-electron chi connectivity index (χ2n) is 2.95. The van der Waals surface area contributed by atoms with E-state index in [4.69, 9.17) is 10.8 Å². The maximum Gasteiger partial charge on any atom is 0.306 e. The summed E-state index contributed by atoms with van der Waals surface area (Å²) in [4.78, 5) is 10.4. The van der Waals surface area contributed by atoms with Crippen LogP contribution in [0.15, 0.2) is 0 Å². The highest BCUT2D eigenvalue weighted by molar-refractivity contribution is 5.70. The van der Waals surface area contributed by atoms with E-state index in [9.17, 15) is 4.79 Å². The molecule has 0 aromatic rings. The number of carbonyl (C=O) groups is 1. The molecule has 0 radical (unpaired) electrons. The molecule has 2 atom stereocenters. The molecule has 10 heavy (non-hydrogen) atoms. The summed E-state index contributed by atoms with van der Waals surface area (Å²) in [6.45, 7) is 0.643. The van der Waals surface area contributed by atoms with Gasteiger partial charge in [0.1, 0.15) is 0 Å². The second kappa shape index (κ2) is 3.01. The van der Waals surface area contributed by atoms with Crippen LogP contribution in [0.2, 0.25) is 0 Å². The molecular weight excluding hydrogens is 130 g/mol. The highest BCUT2D eigenvalue weighted by Crippen LogP contribution is 2.29. The van der Waals surface area contributed by atoms with Crippen molar-refractivity contribution in [1.82, 2.24) is 0 Å². The van der Waals surface area contributed by atoms with E-state index in [0.717, 1.165) is 19.3 Å². The lowest BCUT2D eigenvalue weighted by molar-refractivity contribution is -0.141. The first-order valence-electron chi connectivity index (χ1n) is 3.67. The normalized spacial score (nSPS) is 32.5. The maximum absolute atomic E-state index is 10.4. The quantitative estimate of drug-likeness (QED) is 0.589. The first-order chi connectivity index (χ1) is 4.74. The van der Waals surface area contributed by atoms with E-state index < -0.39 is 5.97 Å². The monoisotopic (exact) mass is 143 g/mol. The lowest BCUT2D eigenvalue weighted by Crippen LogP contribution is -2.13. The smallest absolute Gasteiger partial charge is 0.306 e. The van der Waals surface area contributed by atoms with Crippen LogP contribution in [0, 0.1) is 11.8 Å². The van der Waals surface area contributed by atoms with Gasteiger partial charge in [-0.25, -0.2) is 0 Å². The standard InChI is InChI=1S/C7H13NO2/c8-4-5-1-2-6(3-5)7(9)10/h5-6H,1-4,8H2,(H,9,10)/t5-,6+/m0/s1. The molecule has 3 N–H and O–H groups in total. The summed E-state index contributed by atoms with van der Waals surface area (Å²) < 4.78 is 0. The predicted molar refractivity (Wildman–Crippen MR) is 37.5 cm³/mol. The third kappa shape index (κ3) is 1.48. The number of rotatable bonds is 2. The van der Waals surface area contributed by atoms with Crippen molar-refractivity contribution < 1.29 is 9.90 Å². The zero-order valence-electron chi connectivity index (χ0n) is 5.92. The van der Waals surface area contributed by atoms with Gasteiger partial charge in [-0.15, -0.1) is 0 Å². The summed E-state index contributed by atoms with van der Waals surface area (Å²) in [5.41, 5.74) is 5.40. The highest BCUT2D eigenvalue weighted by atomic mass is 16.4. The van der Waals surface area contributed by atoms with Gasteiger partial charge in [0.05, 0.1) is 5.92 Å². The largest absolute Gasteiger partial charge is 0.481 e. The number of hydrogen-bond donors (Lipinski definition) is 2. The number of aliphatic carboxylic acids is 1. The Kier molecular flexibility index (Phi) is 2.27. The fourth-order valence-electron chi connectivity index (χ4n) is 1.51. The van der Waals surface area contributed by atoms with E-state index in [1.807, 2.05) is 0 Å². The minimum absolute atomic E-state index is 0.117. The molecular formula is C7H13NO2. The summed E-state index contributed by atoms with van der Waals surface area (Å²) in [7, 11) is 0. The zero-order chi connectivity index (χ0) is 7.56. The molecule has 58 valence electrons. The van der Waals surface area contributed by atoms with Crippen LogP contribution in [0.25, 0.3) is 0 Å². The maximum atomic E-state index is 10.4. The van der Waals surface area contributed by atoms with E-state index in [1.54, 1.807) is 0 Å².